The van der Waals surface area contributed by atoms with Crippen molar-refractivity contribution in [3.63, 3.8) is 0 Å². The third-order valence-electron chi connectivity index (χ3n) is 3.89. The van der Waals surface area contributed by atoms with Crippen molar-refractivity contribution in [3.8, 4) is 0 Å². The molecule has 130 valence electrons. The smallest absolute Gasteiger partial charge is 0.230 e. The van der Waals surface area contributed by atoms with E-state index in [0.29, 0.717) is 23.7 Å². The molecular weight excluding hydrogens is 344 g/mol. The van der Waals surface area contributed by atoms with Gasteiger partial charge in [-0.25, -0.2) is 0 Å². The minimum Gasteiger partial charge on any atom is -0.341 e. The van der Waals surface area contributed by atoms with Crippen molar-refractivity contribution in [3.05, 3.63) is 60.7 Å². The Kier molecular flexibility index (Phi) is 6.56. The second-order valence-electron chi connectivity index (χ2n) is 5.82. The van der Waals surface area contributed by atoms with Gasteiger partial charge in [-0.05, 0) is 31.3 Å². The van der Waals surface area contributed by atoms with Crippen molar-refractivity contribution in [2.45, 2.75) is 0 Å². The standard InChI is InChI=1S/C17H23NO4P2/c1-18(12-14-23(19,20)16-8-4-2-5-9-16)13-15-24(21,22)17-10-6-3-7-11-17/h2-11H,12-15H2,1H3,(H,19,20)(H,21,22). The Morgan fingerprint density at radius 3 is 1.42 bits per heavy atom. The highest BCUT2D eigenvalue weighted by Crippen LogP contribution is 2.40. The number of benzene rings is 2. The Balaban J connectivity index is 1.87. The molecule has 0 amide bonds. The molecule has 2 aromatic rings. The zero-order valence-electron chi connectivity index (χ0n) is 13.7. The normalized spacial score (nSPS) is 16.5. The first-order valence-electron chi connectivity index (χ1n) is 7.75. The monoisotopic (exact) mass is 367 g/mol. The first-order chi connectivity index (χ1) is 11.3. The average Bonchev–Trinajstić information content (AvgIpc) is 2.60. The molecule has 2 N–H and O–H groups in total. The van der Waals surface area contributed by atoms with Gasteiger partial charge < -0.3 is 14.7 Å². The summed E-state index contributed by atoms with van der Waals surface area (Å²) in [6, 6.07) is 17.2. The fourth-order valence-corrected chi connectivity index (χ4v) is 5.32. The van der Waals surface area contributed by atoms with Crippen LogP contribution in [0.2, 0.25) is 0 Å². The second kappa shape index (κ2) is 8.24. The summed E-state index contributed by atoms with van der Waals surface area (Å²) in [5.41, 5.74) is 0. The molecule has 0 fully saturated rings. The van der Waals surface area contributed by atoms with E-state index in [2.05, 4.69) is 0 Å². The van der Waals surface area contributed by atoms with E-state index in [-0.39, 0.29) is 12.3 Å². The molecule has 0 radical (unpaired) electrons. The van der Waals surface area contributed by atoms with Gasteiger partial charge in [-0.15, -0.1) is 0 Å². The van der Waals surface area contributed by atoms with Gasteiger partial charge in [0.25, 0.3) is 0 Å². The largest absolute Gasteiger partial charge is 0.341 e. The lowest BCUT2D eigenvalue weighted by Gasteiger charge is -2.21. The fourth-order valence-electron chi connectivity index (χ4n) is 2.30. The summed E-state index contributed by atoms with van der Waals surface area (Å²) in [7, 11) is -5.00. The van der Waals surface area contributed by atoms with E-state index in [9.17, 15) is 18.9 Å². The molecule has 0 aliphatic rings. The Hall–Kier alpha value is -1.22. The van der Waals surface area contributed by atoms with Crippen molar-refractivity contribution in [1.29, 1.82) is 0 Å². The topological polar surface area (TPSA) is 77.8 Å². The SMILES string of the molecule is CN(CCP(=O)(O)c1ccccc1)CCP(=O)(O)c1ccccc1. The minimum atomic E-state index is -3.39. The van der Waals surface area contributed by atoms with Gasteiger partial charge in [0.2, 0.25) is 14.7 Å². The van der Waals surface area contributed by atoms with Crippen LogP contribution in [0.25, 0.3) is 0 Å². The maximum absolute atomic E-state index is 12.4. The summed E-state index contributed by atoms with van der Waals surface area (Å²) in [6.45, 7) is 0.773. The summed E-state index contributed by atoms with van der Waals surface area (Å²) in [5, 5.41) is 0.881. The van der Waals surface area contributed by atoms with Gasteiger partial charge in [0.05, 0.1) is 0 Å². The van der Waals surface area contributed by atoms with Gasteiger partial charge in [-0.2, -0.15) is 0 Å². The number of hydrogen-bond acceptors (Lipinski definition) is 3. The van der Waals surface area contributed by atoms with E-state index in [1.54, 1.807) is 67.7 Å². The molecule has 2 unspecified atom stereocenters. The van der Waals surface area contributed by atoms with Crippen LogP contribution >= 0.6 is 14.7 Å². The molecule has 2 aromatic carbocycles. The summed E-state index contributed by atoms with van der Waals surface area (Å²) in [5.74, 6) is 0. The Morgan fingerprint density at radius 1 is 0.750 bits per heavy atom. The molecule has 0 aliphatic carbocycles. The van der Waals surface area contributed by atoms with Crippen LogP contribution in [0.1, 0.15) is 0 Å². The van der Waals surface area contributed by atoms with Gasteiger partial charge in [-0.1, -0.05) is 36.4 Å². The van der Waals surface area contributed by atoms with Crippen LogP contribution in [0.5, 0.6) is 0 Å². The molecule has 0 bridgehead atoms. The summed E-state index contributed by atoms with van der Waals surface area (Å²) < 4.78 is 24.7. The van der Waals surface area contributed by atoms with Crippen molar-refractivity contribution >= 4 is 25.3 Å². The molecule has 5 nitrogen and oxygen atoms in total. The molecule has 2 rings (SSSR count). The van der Waals surface area contributed by atoms with Gasteiger partial charge in [0.1, 0.15) is 0 Å². The molecule has 0 saturated carbocycles. The Labute approximate surface area is 142 Å². The predicted molar refractivity (Wildman–Crippen MR) is 99.0 cm³/mol. The van der Waals surface area contributed by atoms with E-state index in [4.69, 9.17) is 0 Å². The third kappa shape index (κ3) is 5.41. The van der Waals surface area contributed by atoms with E-state index >= 15 is 0 Å². The molecule has 0 spiro atoms. The van der Waals surface area contributed by atoms with Crippen molar-refractivity contribution in [2.75, 3.05) is 32.5 Å². The number of nitrogens with zero attached hydrogens (tertiary/aromatic N) is 1. The van der Waals surface area contributed by atoms with Crippen molar-refractivity contribution in [1.82, 2.24) is 4.90 Å². The van der Waals surface area contributed by atoms with Crippen LogP contribution in [0.4, 0.5) is 0 Å². The highest BCUT2D eigenvalue weighted by molar-refractivity contribution is 7.66. The predicted octanol–water partition coefficient (Wildman–Crippen LogP) is 2.11. The first kappa shape index (κ1) is 19.1. The lowest BCUT2D eigenvalue weighted by atomic mass is 10.4. The minimum absolute atomic E-state index is 0.120. The van der Waals surface area contributed by atoms with Crippen LogP contribution < -0.4 is 10.6 Å². The van der Waals surface area contributed by atoms with Crippen molar-refractivity contribution < 1.29 is 18.9 Å². The van der Waals surface area contributed by atoms with Crippen LogP contribution in [0.15, 0.2) is 60.7 Å². The highest BCUT2D eigenvalue weighted by Gasteiger charge is 2.24. The van der Waals surface area contributed by atoms with Crippen LogP contribution in [-0.2, 0) is 9.13 Å². The van der Waals surface area contributed by atoms with Crippen LogP contribution in [-0.4, -0.2) is 47.1 Å². The van der Waals surface area contributed by atoms with Gasteiger partial charge in [0, 0.05) is 36.0 Å². The van der Waals surface area contributed by atoms with Crippen LogP contribution in [0.3, 0.4) is 0 Å². The summed E-state index contributed by atoms with van der Waals surface area (Å²) >= 11 is 0. The maximum atomic E-state index is 12.4. The molecule has 7 heteroatoms. The van der Waals surface area contributed by atoms with E-state index in [1.165, 1.54) is 0 Å². The van der Waals surface area contributed by atoms with Gasteiger partial charge in [0.15, 0.2) is 0 Å². The lowest BCUT2D eigenvalue weighted by Crippen LogP contribution is -2.27. The lowest BCUT2D eigenvalue weighted by molar-refractivity contribution is 0.363. The quantitative estimate of drug-likeness (QED) is 0.699. The average molecular weight is 367 g/mol. The Bertz CT molecular complexity index is 673. The van der Waals surface area contributed by atoms with Crippen molar-refractivity contribution in [2.24, 2.45) is 0 Å². The molecule has 24 heavy (non-hydrogen) atoms. The zero-order chi connectivity index (χ0) is 17.6. The second-order valence-corrected chi connectivity index (χ2v) is 10.6. The molecule has 2 atom stereocenters. The van der Waals surface area contributed by atoms with E-state index in [1.807, 2.05) is 4.90 Å². The van der Waals surface area contributed by atoms with E-state index < -0.39 is 14.7 Å². The molecule has 0 aliphatic heterocycles. The molecule has 0 saturated heterocycles. The van der Waals surface area contributed by atoms with Gasteiger partial charge in [-0.3, -0.25) is 9.13 Å². The van der Waals surface area contributed by atoms with Gasteiger partial charge >= 0.3 is 0 Å². The number of rotatable bonds is 8. The molecular formula is C17H23NO4P2. The zero-order valence-corrected chi connectivity index (χ0v) is 15.4. The summed E-state index contributed by atoms with van der Waals surface area (Å²) in [4.78, 5) is 22.1. The highest BCUT2D eigenvalue weighted by atomic mass is 31.2. The summed E-state index contributed by atoms with van der Waals surface area (Å²) in [6.07, 6.45) is 0.239. The molecule has 0 heterocycles. The van der Waals surface area contributed by atoms with Crippen LogP contribution in [0, 0.1) is 0 Å². The number of hydrogen-bond donors (Lipinski definition) is 2. The van der Waals surface area contributed by atoms with E-state index in [0.717, 1.165) is 0 Å². The molecule has 0 aromatic heterocycles. The first-order valence-corrected chi connectivity index (χ1v) is 11.4. The fraction of sp³-hybridized carbons (Fsp3) is 0.294. The maximum Gasteiger partial charge on any atom is 0.230 e. The Morgan fingerprint density at radius 2 is 1.08 bits per heavy atom. The third-order valence-corrected chi connectivity index (χ3v) is 7.71.